The van der Waals surface area contributed by atoms with Gasteiger partial charge in [-0.25, -0.2) is 4.98 Å². The van der Waals surface area contributed by atoms with Crippen LogP contribution in [0.25, 0.3) is 32.9 Å². The predicted molar refractivity (Wildman–Crippen MR) is 174 cm³/mol. The molecular formula is C35H50N4O3. The van der Waals surface area contributed by atoms with Crippen LogP contribution in [-0.4, -0.2) is 58.2 Å². The Morgan fingerprint density at radius 1 is 0.952 bits per heavy atom. The highest BCUT2D eigenvalue weighted by atomic mass is 16.5. The molecule has 0 bridgehead atoms. The maximum absolute atomic E-state index is 8.58. The maximum atomic E-state index is 8.58. The zero-order chi connectivity index (χ0) is 29.7. The molecular weight excluding hydrogens is 524 g/mol. The van der Waals surface area contributed by atoms with Crippen molar-refractivity contribution in [2.45, 2.75) is 84.3 Å². The summed E-state index contributed by atoms with van der Waals surface area (Å²) >= 11 is 0. The van der Waals surface area contributed by atoms with Gasteiger partial charge in [-0.2, -0.15) is 0 Å². The molecule has 0 saturated heterocycles. The highest BCUT2D eigenvalue weighted by Crippen LogP contribution is 2.31. The monoisotopic (exact) mass is 574 g/mol. The normalized spacial score (nSPS) is 14.8. The number of aliphatic hydroxyl groups is 1. The Morgan fingerprint density at radius 2 is 1.76 bits per heavy atom. The Labute approximate surface area is 251 Å². The van der Waals surface area contributed by atoms with Crippen LogP contribution in [-0.2, 0) is 16.5 Å². The van der Waals surface area contributed by atoms with Gasteiger partial charge in [0.05, 0.1) is 11.6 Å². The van der Waals surface area contributed by atoms with Crippen LogP contribution in [0.15, 0.2) is 55.0 Å². The van der Waals surface area contributed by atoms with Crippen molar-refractivity contribution in [1.29, 1.82) is 0 Å². The van der Waals surface area contributed by atoms with Crippen LogP contribution in [0.1, 0.15) is 72.1 Å². The summed E-state index contributed by atoms with van der Waals surface area (Å²) in [4.78, 5) is 8.87. The molecule has 228 valence electrons. The number of rotatable bonds is 15. The fourth-order valence-electron chi connectivity index (χ4n) is 5.29. The molecule has 1 aliphatic carbocycles. The van der Waals surface area contributed by atoms with Gasteiger partial charge < -0.3 is 24.5 Å². The van der Waals surface area contributed by atoms with Gasteiger partial charge in [0.2, 0.25) is 0 Å². The average molecular weight is 575 g/mol. The Balaban J connectivity index is 0.000000211. The van der Waals surface area contributed by atoms with Crippen LogP contribution in [0.3, 0.4) is 0 Å². The molecule has 3 aromatic heterocycles. The predicted octanol–water partition coefficient (Wildman–Crippen LogP) is 7.76. The molecule has 7 nitrogen and oxygen atoms in total. The number of hydrogen-bond acceptors (Lipinski definition) is 6. The van der Waals surface area contributed by atoms with Crippen molar-refractivity contribution in [3.05, 3.63) is 55.0 Å². The molecule has 0 aliphatic heterocycles. The number of fused-ring (bicyclic) bond motifs is 3. The number of aryl methyl sites for hydroxylation is 1. The van der Waals surface area contributed by atoms with Gasteiger partial charge in [0, 0.05) is 80.0 Å². The molecule has 1 aromatic carbocycles. The van der Waals surface area contributed by atoms with E-state index in [9.17, 15) is 0 Å². The molecule has 1 saturated carbocycles. The molecule has 5 rings (SSSR count). The van der Waals surface area contributed by atoms with Crippen molar-refractivity contribution < 1.29 is 14.6 Å². The molecule has 0 spiro atoms. The number of pyridine rings is 2. The second-order valence-corrected chi connectivity index (χ2v) is 11.6. The van der Waals surface area contributed by atoms with Gasteiger partial charge in [-0.05, 0) is 80.7 Å². The standard InChI is InChI=1S/C21H20N4.C14H30O3/c1-25-19-9-10-22-13-18(19)17-7-5-14(11-20(17)25)15-6-8-21(23-12-15)24-16-3-2-4-16;1-4-13(3)12-14(5-2)17-11-7-10-16-9-6-8-15/h5-13,16H,2-4H2,1H3,(H,23,24);13-15H,4-12H2,1-3H3. The van der Waals surface area contributed by atoms with Crippen LogP contribution in [0, 0.1) is 5.92 Å². The first-order valence-corrected chi connectivity index (χ1v) is 15.9. The zero-order valence-corrected chi connectivity index (χ0v) is 26.0. The molecule has 0 amide bonds. The van der Waals surface area contributed by atoms with E-state index in [0.717, 1.165) is 49.8 Å². The lowest BCUT2D eigenvalue weighted by Crippen LogP contribution is -2.27. The first-order chi connectivity index (χ1) is 20.5. The highest BCUT2D eigenvalue weighted by molar-refractivity contribution is 6.08. The van der Waals surface area contributed by atoms with Gasteiger partial charge in [0.1, 0.15) is 5.82 Å². The van der Waals surface area contributed by atoms with E-state index < -0.39 is 0 Å². The summed E-state index contributed by atoms with van der Waals surface area (Å²) < 4.78 is 13.4. The summed E-state index contributed by atoms with van der Waals surface area (Å²) in [7, 11) is 2.11. The molecule has 3 heterocycles. The van der Waals surface area contributed by atoms with E-state index in [2.05, 4.69) is 84.1 Å². The third kappa shape index (κ3) is 8.76. The van der Waals surface area contributed by atoms with E-state index in [0.29, 0.717) is 18.8 Å². The fraction of sp³-hybridized carbons (Fsp3) is 0.543. The zero-order valence-electron chi connectivity index (χ0n) is 26.0. The number of aliphatic hydroxyl groups excluding tert-OH is 1. The highest BCUT2D eigenvalue weighted by Gasteiger charge is 2.17. The number of anilines is 1. The molecule has 2 atom stereocenters. The molecule has 4 aromatic rings. The van der Waals surface area contributed by atoms with Crippen LogP contribution in [0.5, 0.6) is 0 Å². The Bertz CT molecular complexity index is 1350. The Kier molecular flexibility index (Phi) is 12.6. The lowest BCUT2D eigenvalue weighted by atomic mass is 9.93. The van der Waals surface area contributed by atoms with Gasteiger partial charge in [0.25, 0.3) is 0 Å². The van der Waals surface area contributed by atoms with Gasteiger partial charge >= 0.3 is 0 Å². The fourth-order valence-corrected chi connectivity index (χ4v) is 5.29. The number of ether oxygens (including phenoxy) is 2. The average Bonchev–Trinajstić information content (AvgIpc) is 3.29. The van der Waals surface area contributed by atoms with E-state index in [-0.39, 0.29) is 6.61 Å². The van der Waals surface area contributed by atoms with Crippen molar-refractivity contribution in [3.8, 4) is 11.1 Å². The minimum Gasteiger partial charge on any atom is -0.396 e. The number of nitrogens with zero attached hydrogens (tertiary/aromatic N) is 3. The second kappa shape index (κ2) is 16.6. The lowest BCUT2D eigenvalue weighted by molar-refractivity contribution is 0.0180. The number of hydrogen-bond donors (Lipinski definition) is 2. The summed E-state index contributed by atoms with van der Waals surface area (Å²) in [6.45, 7) is 9.08. The van der Waals surface area contributed by atoms with Crippen molar-refractivity contribution in [3.63, 3.8) is 0 Å². The van der Waals surface area contributed by atoms with Crippen molar-refractivity contribution in [2.75, 3.05) is 31.7 Å². The van der Waals surface area contributed by atoms with Crippen LogP contribution >= 0.6 is 0 Å². The van der Waals surface area contributed by atoms with Crippen LogP contribution < -0.4 is 5.32 Å². The third-order valence-electron chi connectivity index (χ3n) is 8.41. The van der Waals surface area contributed by atoms with Gasteiger partial charge in [0.15, 0.2) is 0 Å². The van der Waals surface area contributed by atoms with Crippen molar-refractivity contribution in [1.82, 2.24) is 14.5 Å². The summed E-state index contributed by atoms with van der Waals surface area (Å²) in [6.07, 6.45) is 15.2. The van der Waals surface area contributed by atoms with Gasteiger partial charge in [-0.1, -0.05) is 39.3 Å². The quantitative estimate of drug-likeness (QED) is 0.141. The third-order valence-corrected chi connectivity index (χ3v) is 8.41. The van der Waals surface area contributed by atoms with E-state index in [1.54, 1.807) is 0 Å². The van der Waals surface area contributed by atoms with E-state index in [1.165, 1.54) is 59.5 Å². The van der Waals surface area contributed by atoms with Crippen LogP contribution in [0.2, 0.25) is 0 Å². The molecule has 7 heteroatoms. The Morgan fingerprint density at radius 3 is 2.45 bits per heavy atom. The SMILES string of the molecule is CCC(C)CC(CC)OCCCOCCCO.Cn1c2ccncc2c2ccc(-c3ccc(NC4CCC4)nc3)cc21. The summed E-state index contributed by atoms with van der Waals surface area (Å²) in [5, 5.41) is 14.5. The molecule has 2 unspecified atom stereocenters. The number of aromatic nitrogens is 3. The van der Waals surface area contributed by atoms with Crippen molar-refractivity contribution in [2.24, 2.45) is 13.0 Å². The summed E-state index contributed by atoms with van der Waals surface area (Å²) in [5.74, 6) is 1.73. The minimum absolute atomic E-state index is 0.212. The maximum Gasteiger partial charge on any atom is 0.126 e. The van der Waals surface area contributed by atoms with Crippen molar-refractivity contribution >= 4 is 27.6 Å². The second-order valence-electron chi connectivity index (χ2n) is 11.6. The van der Waals surface area contributed by atoms with E-state index in [1.807, 2.05) is 18.6 Å². The summed E-state index contributed by atoms with van der Waals surface area (Å²) in [6, 6.07) is 13.5. The van der Waals surface area contributed by atoms with E-state index in [4.69, 9.17) is 14.6 Å². The van der Waals surface area contributed by atoms with E-state index >= 15 is 0 Å². The largest absolute Gasteiger partial charge is 0.396 e. The number of benzene rings is 1. The topological polar surface area (TPSA) is 81.4 Å². The lowest BCUT2D eigenvalue weighted by Gasteiger charge is -2.26. The molecule has 0 radical (unpaired) electrons. The number of nitrogens with one attached hydrogen (secondary N) is 1. The van der Waals surface area contributed by atoms with Gasteiger partial charge in [-0.15, -0.1) is 0 Å². The molecule has 1 fully saturated rings. The first kappa shape index (κ1) is 31.9. The smallest absolute Gasteiger partial charge is 0.126 e. The minimum atomic E-state index is 0.212. The molecule has 2 N–H and O–H groups in total. The first-order valence-electron chi connectivity index (χ1n) is 15.9. The molecule has 42 heavy (non-hydrogen) atoms. The van der Waals surface area contributed by atoms with Gasteiger partial charge in [-0.3, -0.25) is 4.98 Å². The molecule has 1 aliphatic rings. The summed E-state index contributed by atoms with van der Waals surface area (Å²) in [5.41, 5.74) is 4.76. The van der Waals surface area contributed by atoms with Crippen LogP contribution in [0.4, 0.5) is 5.82 Å². The Hall–Kier alpha value is -3.00.